The number of nitrogens with zero attached hydrogens (tertiary/aromatic N) is 7. The molecule has 4 aliphatic rings. The maximum Gasteiger partial charge on any atom is 0.318 e. The highest BCUT2D eigenvalue weighted by Gasteiger charge is 2.37. The number of hydrogen-bond donors (Lipinski definition) is 0. The van der Waals surface area contributed by atoms with E-state index in [1.807, 2.05) is 12.1 Å². The first kappa shape index (κ1) is 29.8. The SMILES string of the molecule is C=CC(=O)N1CCN(c2nc(OCCN(C3CCC3)C3CC3)nc3c2CCN(c2cccc4cccc(Cl)c24)C3)C[C@@H]1CC#N. The minimum Gasteiger partial charge on any atom is -0.462 e. The first-order valence-corrected chi connectivity index (χ1v) is 16.7. The molecule has 3 aromatic rings. The Bertz CT molecular complexity index is 1630. The number of aromatic nitrogens is 2. The van der Waals surface area contributed by atoms with E-state index in [0.29, 0.717) is 50.9 Å². The highest BCUT2D eigenvalue weighted by molar-refractivity contribution is 6.36. The Morgan fingerprint density at radius 1 is 1.09 bits per heavy atom. The molecule has 45 heavy (non-hydrogen) atoms. The number of hydrogen-bond acceptors (Lipinski definition) is 8. The molecule has 2 aromatic carbocycles. The zero-order valence-electron chi connectivity index (χ0n) is 25.7. The molecule has 3 heterocycles. The molecular formula is C35H40ClN7O2. The number of anilines is 2. The predicted molar refractivity (Wildman–Crippen MR) is 177 cm³/mol. The lowest BCUT2D eigenvalue weighted by Crippen LogP contribution is -2.55. The number of nitriles is 1. The molecule has 7 rings (SSSR count). The van der Waals surface area contributed by atoms with E-state index in [-0.39, 0.29) is 18.4 Å². The van der Waals surface area contributed by atoms with Crippen LogP contribution in [0.15, 0.2) is 49.1 Å². The number of carbonyl (C=O) groups is 1. The van der Waals surface area contributed by atoms with E-state index in [1.165, 1.54) is 38.2 Å². The first-order chi connectivity index (χ1) is 22.0. The summed E-state index contributed by atoms with van der Waals surface area (Å²) in [6, 6.07) is 16.2. The minimum absolute atomic E-state index is 0.139. The molecule has 1 amide bonds. The Balaban J connectivity index is 1.18. The third-order valence-electron chi connectivity index (χ3n) is 9.90. The van der Waals surface area contributed by atoms with Crippen LogP contribution in [0.1, 0.15) is 49.8 Å². The van der Waals surface area contributed by atoms with E-state index in [9.17, 15) is 10.1 Å². The Kier molecular flexibility index (Phi) is 8.52. The third-order valence-corrected chi connectivity index (χ3v) is 10.2. The second-order valence-electron chi connectivity index (χ2n) is 12.6. The number of rotatable bonds is 10. The summed E-state index contributed by atoms with van der Waals surface area (Å²) in [5.41, 5.74) is 3.15. The van der Waals surface area contributed by atoms with Gasteiger partial charge in [0.25, 0.3) is 0 Å². The number of amides is 1. The molecular weight excluding hydrogens is 586 g/mol. The van der Waals surface area contributed by atoms with Gasteiger partial charge in [-0.05, 0) is 55.7 Å². The van der Waals surface area contributed by atoms with Gasteiger partial charge in [-0.2, -0.15) is 15.2 Å². The largest absolute Gasteiger partial charge is 0.462 e. The maximum atomic E-state index is 12.6. The van der Waals surface area contributed by atoms with Crippen LogP contribution in [0.2, 0.25) is 5.02 Å². The van der Waals surface area contributed by atoms with Gasteiger partial charge in [0.2, 0.25) is 5.91 Å². The summed E-state index contributed by atoms with van der Waals surface area (Å²) < 4.78 is 6.35. The van der Waals surface area contributed by atoms with Crippen LogP contribution < -0.4 is 14.5 Å². The molecule has 2 saturated carbocycles. The molecule has 2 aliphatic heterocycles. The average Bonchev–Trinajstić information content (AvgIpc) is 3.88. The normalized spacial score (nSPS) is 20.1. The van der Waals surface area contributed by atoms with E-state index in [4.69, 9.17) is 26.3 Å². The number of ether oxygens (including phenoxy) is 1. The fourth-order valence-corrected chi connectivity index (χ4v) is 7.50. The lowest BCUT2D eigenvalue weighted by atomic mass is 9.91. The Morgan fingerprint density at radius 2 is 1.89 bits per heavy atom. The van der Waals surface area contributed by atoms with Crippen molar-refractivity contribution in [1.82, 2.24) is 19.8 Å². The predicted octanol–water partition coefficient (Wildman–Crippen LogP) is 5.36. The van der Waals surface area contributed by atoms with E-state index in [1.54, 1.807) is 4.90 Å². The van der Waals surface area contributed by atoms with Gasteiger partial charge in [-0.3, -0.25) is 9.69 Å². The molecule has 0 bridgehead atoms. The van der Waals surface area contributed by atoms with Crippen molar-refractivity contribution in [2.75, 3.05) is 49.1 Å². The quantitative estimate of drug-likeness (QED) is 0.278. The van der Waals surface area contributed by atoms with Crippen LogP contribution in [0.4, 0.5) is 11.5 Å². The molecule has 9 nitrogen and oxygen atoms in total. The Labute approximate surface area is 270 Å². The van der Waals surface area contributed by atoms with E-state index >= 15 is 0 Å². The molecule has 1 atom stereocenters. The first-order valence-electron chi connectivity index (χ1n) is 16.3. The molecule has 0 N–H and O–H groups in total. The summed E-state index contributed by atoms with van der Waals surface area (Å²) in [6.45, 7) is 8.15. The van der Waals surface area contributed by atoms with Crippen molar-refractivity contribution in [3.63, 3.8) is 0 Å². The van der Waals surface area contributed by atoms with Crippen LogP contribution in [0.25, 0.3) is 10.8 Å². The fourth-order valence-electron chi connectivity index (χ4n) is 7.23. The van der Waals surface area contributed by atoms with Gasteiger partial charge >= 0.3 is 6.01 Å². The third kappa shape index (κ3) is 6.06. The molecule has 0 radical (unpaired) electrons. The van der Waals surface area contributed by atoms with Crippen LogP contribution in [0.3, 0.4) is 0 Å². The molecule has 1 saturated heterocycles. The van der Waals surface area contributed by atoms with Crippen molar-refractivity contribution in [3.05, 3.63) is 65.3 Å². The lowest BCUT2D eigenvalue weighted by molar-refractivity contribution is -0.128. The van der Waals surface area contributed by atoms with Gasteiger partial charge in [-0.1, -0.05) is 48.9 Å². The lowest BCUT2D eigenvalue weighted by Gasteiger charge is -2.42. The van der Waals surface area contributed by atoms with Crippen LogP contribution in [0, 0.1) is 11.3 Å². The van der Waals surface area contributed by atoms with Gasteiger partial charge in [-0.15, -0.1) is 0 Å². The van der Waals surface area contributed by atoms with Crippen molar-refractivity contribution in [3.8, 4) is 12.1 Å². The maximum absolute atomic E-state index is 12.6. The highest BCUT2D eigenvalue weighted by atomic mass is 35.5. The van der Waals surface area contributed by atoms with Crippen molar-refractivity contribution < 1.29 is 9.53 Å². The molecule has 2 aliphatic carbocycles. The molecule has 234 valence electrons. The average molecular weight is 626 g/mol. The minimum atomic E-state index is -0.239. The summed E-state index contributed by atoms with van der Waals surface area (Å²) in [6.07, 6.45) is 8.81. The zero-order chi connectivity index (χ0) is 30.9. The topological polar surface area (TPSA) is 88.8 Å². The fraction of sp³-hybridized carbons (Fsp3) is 0.486. The van der Waals surface area contributed by atoms with Crippen molar-refractivity contribution in [1.29, 1.82) is 5.26 Å². The van der Waals surface area contributed by atoms with Crippen LogP contribution in [-0.4, -0.2) is 83.1 Å². The number of benzene rings is 2. The number of halogens is 1. The van der Waals surface area contributed by atoms with Gasteiger partial charge in [0.05, 0.1) is 35.8 Å². The summed E-state index contributed by atoms with van der Waals surface area (Å²) in [7, 11) is 0. The van der Waals surface area contributed by atoms with Crippen LogP contribution >= 0.6 is 11.6 Å². The van der Waals surface area contributed by atoms with Gasteiger partial charge in [0, 0.05) is 61.4 Å². The standard InChI is InChI=1S/C35H40ClN7O2/c1-2-32(44)43-19-18-41(22-27(43)14-16-37)34-28-15-17-40(31-11-4-7-24-6-3-10-29(36)33(24)31)23-30(28)38-35(39-34)45-21-20-42(26-12-13-26)25-8-5-9-25/h2-4,6-7,10-11,25-27H,1,5,8-9,12-15,17-23H2/t27-/m0/s1. The zero-order valence-corrected chi connectivity index (χ0v) is 26.5. The van der Waals surface area contributed by atoms with E-state index < -0.39 is 0 Å². The Morgan fingerprint density at radius 3 is 2.62 bits per heavy atom. The Hall–Kier alpha value is -3.87. The molecule has 0 spiro atoms. The van der Waals surface area contributed by atoms with Crippen LogP contribution in [0.5, 0.6) is 6.01 Å². The van der Waals surface area contributed by atoms with Crippen LogP contribution in [-0.2, 0) is 17.8 Å². The molecule has 0 unspecified atom stereocenters. The van der Waals surface area contributed by atoms with Gasteiger partial charge in [-0.25, -0.2) is 0 Å². The smallest absolute Gasteiger partial charge is 0.318 e. The number of carbonyl (C=O) groups excluding carboxylic acids is 1. The highest BCUT2D eigenvalue weighted by Crippen LogP contribution is 2.38. The summed E-state index contributed by atoms with van der Waals surface area (Å²) in [5, 5.41) is 12.5. The summed E-state index contributed by atoms with van der Waals surface area (Å²) in [5.74, 6) is 0.719. The van der Waals surface area contributed by atoms with Gasteiger partial charge < -0.3 is 19.4 Å². The summed E-state index contributed by atoms with van der Waals surface area (Å²) >= 11 is 6.72. The van der Waals surface area contributed by atoms with E-state index in [2.05, 4.69) is 51.6 Å². The van der Waals surface area contributed by atoms with E-state index in [0.717, 1.165) is 58.1 Å². The molecule has 3 fully saturated rings. The monoisotopic (exact) mass is 625 g/mol. The second-order valence-corrected chi connectivity index (χ2v) is 13.0. The second kappa shape index (κ2) is 12.9. The number of fused-ring (bicyclic) bond motifs is 2. The summed E-state index contributed by atoms with van der Waals surface area (Å²) in [4.78, 5) is 31.6. The van der Waals surface area contributed by atoms with Gasteiger partial charge in [0.15, 0.2) is 0 Å². The van der Waals surface area contributed by atoms with Crippen molar-refractivity contribution in [2.24, 2.45) is 0 Å². The number of piperazine rings is 1. The molecule has 10 heteroatoms. The molecule has 1 aromatic heterocycles. The van der Waals surface area contributed by atoms with Crippen molar-refractivity contribution in [2.45, 2.75) is 69.6 Å². The van der Waals surface area contributed by atoms with Gasteiger partial charge in [0.1, 0.15) is 12.4 Å². The van der Waals surface area contributed by atoms with Crippen molar-refractivity contribution >= 4 is 39.8 Å².